The highest BCUT2D eigenvalue weighted by molar-refractivity contribution is 5.92. The first-order valence-electron chi connectivity index (χ1n) is 9.81. The number of aromatic nitrogens is 2. The summed E-state index contributed by atoms with van der Waals surface area (Å²) in [6.45, 7) is 4.23. The van der Waals surface area contributed by atoms with E-state index in [-0.39, 0.29) is 23.9 Å². The minimum atomic E-state index is -0.573. The highest BCUT2D eigenvalue weighted by Crippen LogP contribution is 2.47. The Morgan fingerprint density at radius 2 is 1.75 bits per heavy atom. The number of fused-ring (bicyclic) bond motifs is 2. The van der Waals surface area contributed by atoms with Gasteiger partial charge in [0.15, 0.2) is 0 Å². The standard InChI is InChI=1S/C21H22F2N4O/c1-12-9-25-18(10-24-12)21(28)27-11-17(14-6-15(22)8-16(23)7-14)20-19(27)13-2-4-26(20)5-3-13/h6-10,13,17,19-20H,2-5,11H2,1H3/t17-,19-,20-/m1/s1. The molecule has 4 saturated heterocycles. The van der Waals surface area contributed by atoms with Crippen LogP contribution in [-0.2, 0) is 0 Å². The molecule has 146 valence electrons. The number of carbonyl (C=O) groups is 1. The minimum Gasteiger partial charge on any atom is -0.332 e. The van der Waals surface area contributed by atoms with Crippen molar-refractivity contribution >= 4 is 5.91 Å². The van der Waals surface area contributed by atoms with E-state index in [2.05, 4.69) is 14.9 Å². The van der Waals surface area contributed by atoms with Crippen molar-refractivity contribution in [1.29, 1.82) is 0 Å². The van der Waals surface area contributed by atoms with Crippen molar-refractivity contribution in [2.75, 3.05) is 19.6 Å². The average Bonchev–Trinajstić information content (AvgIpc) is 3.11. The molecular weight excluding hydrogens is 362 g/mol. The fourth-order valence-corrected chi connectivity index (χ4v) is 5.39. The van der Waals surface area contributed by atoms with Gasteiger partial charge in [-0.25, -0.2) is 13.8 Å². The molecule has 1 aromatic heterocycles. The molecule has 4 aliphatic rings. The van der Waals surface area contributed by atoms with Crippen molar-refractivity contribution < 1.29 is 13.6 Å². The number of hydrogen-bond acceptors (Lipinski definition) is 4. The maximum Gasteiger partial charge on any atom is 0.274 e. The number of carbonyl (C=O) groups excluding carboxylic acids is 1. The quantitative estimate of drug-likeness (QED) is 0.799. The summed E-state index contributed by atoms with van der Waals surface area (Å²) in [6.07, 6.45) is 5.21. The molecule has 0 saturated carbocycles. The predicted octanol–water partition coefficient (Wildman–Crippen LogP) is 2.77. The lowest BCUT2D eigenvalue weighted by molar-refractivity contribution is -0.00362. The molecule has 28 heavy (non-hydrogen) atoms. The Kier molecular flexibility index (Phi) is 4.16. The molecule has 3 atom stereocenters. The van der Waals surface area contributed by atoms with Crippen molar-refractivity contribution in [3.63, 3.8) is 0 Å². The molecule has 0 unspecified atom stereocenters. The van der Waals surface area contributed by atoms with Gasteiger partial charge < -0.3 is 4.90 Å². The number of aryl methyl sites for hydroxylation is 1. The van der Waals surface area contributed by atoms with Crippen LogP contribution in [0.25, 0.3) is 0 Å². The van der Waals surface area contributed by atoms with Gasteiger partial charge in [-0.3, -0.25) is 14.7 Å². The Morgan fingerprint density at radius 3 is 2.39 bits per heavy atom. The Balaban J connectivity index is 1.53. The molecule has 7 heteroatoms. The van der Waals surface area contributed by atoms with Crippen LogP contribution < -0.4 is 0 Å². The summed E-state index contributed by atoms with van der Waals surface area (Å²) in [5.41, 5.74) is 1.71. The number of piperidine rings is 3. The molecule has 5 nitrogen and oxygen atoms in total. The van der Waals surface area contributed by atoms with Crippen molar-refractivity contribution in [3.05, 3.63) is 59.2 Å². The van der Waals surface area contributed by atoms with E-state index in [0.717, 1.165) is 37.7 Å². The van der Waals surface area contributed by atoms with Gasteiger partial charge in [-0.15, -0.1) is 0 Å². The van der Waals surface area contributed by atoms with Crippen molar-refractivity contribution in [2.45, 2.75) is 37.8 Å². The van der Waals surface area contributed by atoms with Crippen LogP contribution in [0.1, 0.15) is 40.5 Å². The van der Waals surface area contributed by atoms with Crippen LogP contribution >= 0.6 is 0 Å². The third kappa shape index (κ3) is 2.80. The van der Waals surface area contributed by atoms with Crippen LogP contribution in [0.2, 0.25) is 0 Å². The molecule has 4 aliphatic heterocycles. The van der Waals surface area contributed by atoms with Crippen LogP contribution in [0.5, 0.6) is 0 Å². The lowest BCUT2D eigenvalue weighted by atomic mass is 9.75. The molecule has 4 fully saturated rings. The Morgan fingerprint density at radius 1 is 1.04 bits per heavy atom. The summed E-state index contributed by atoms with van der Waals surface area (Å²) >= 11 is 0. The van der Waals surface area contributed by atoms with Crippen LogP contribution in [0.15, 0.2) is 30.6 Å². The number of likely N-dealkylation sites (tertiary alicyclic amines) is 1. The minimum absolute atomic E-state index is 0.0504. The molecular formula is C21H22F2N4O. The van der Waals surface area contributed by atoms with E-state index in [4.69, 9.17) is 0 Å². The summed E-state index contributed by atoms with van der Waals surface area (Å²) in [6, 6.07) is 3.86. The monoisotopic (exact) mass is 384 g/mol. The third-order valence-electron chi connectivity index (χ3n) is 6.57. The van der Waals surface area contributed by atoms with Crippen LogP contribution in [0.3, 0.4) is 0 Å². The Hall–Kier alpha value is -2.41. The van der Waals surface area contributed by atoms with Gasteiger partial charge in [0.2, 0.25) is 0 Å². The molecule has 0 spiro atoms. The van der Waals surface area contributed by atoms with Gasteiger partial charge in [-0.05, 0) is 56.5 Å². The molecule has 0 radical (unpaired) electrons. The van der Waals surface area contributed by atoms with Crippen LogP contribution in [-0.4, -0.2) is 57.4 Å². The lowest BCUT2D eigenvalue weighted by Crippen LogP contribution is -2.60. The fraction of sp³-hybridized carbons (Fsp3) is 0.476. The maximum atomic E-state index is 13.9. The van der Waals surface area contributed by atoms with Crippen molar-refractivity contribution in [2.24, 2.45) is 5.92 Å². The fourth-order valence-electron chi connectivity index (χ4n) is 5.39. The maximum absolute atomic E-state index is 13.9. The lowest BCUT2D eigenvalue weighted by Gasteiger charge is -2.51. The van der Waals surface area contributed by atoms with E-state index in [1.807, 2.05) is 11.8 Å². The SMILES string of the molecule is Cc1cnc(C(=O)N2C[C@H](c3cc(F)cc(F)c3)[C@@H]3[C@H]2C2CCN3CC2)cn1. The number of amides is 1. The number of nitrogens with zero attached hydrogens (tertiary/aromatic N) is 4. The first-order valence-corrected chi connectivity index (χ1v) is 9.81. The van der Waals surface area contributed by atoms with Crippen LogP contribution in [0, 0.1) is 24.5 Å². The van der Waals surface area contributed by atoms with E-state index < -0.39 is 11.6 Å². The normalized spacial score (nSPS) is 31.1. The molecule has 2 bridgehead atoms. The van der Waals surface area contributed by atoms with E-state index in [1.54, 1.807) is 6.20 Å². The highest BCUT2D eigenvalue weighted by atomic mass is 19.1. The Bertz CT molecular complexity index is 891. The van der Waals surface area contributed by atoms with Gasteiger partial charge in [0.1, 0.15) is 17.3 Å². The van der Waals surface area contributed by atoms with Crippen molar-refractivity contribution in [3.8, 4) is 0 Å². The number of benzene rings is 1. The van der Waals surface area contributed by atoms with Gasteiger partial charge in [-0.1, -0.05) is 0 Å². The summed E-state index contributed by atoms with van der Waals surface area (Å²) in [5.74, 6) is -0.981. The second-order valence-corrected chi connectivity index (χ2v) is 8.16. The van der Waals surface area contributed by atoms with E-state index in [9.17, 15) is 13.6 Å². The molecule has 1 aromatic carbocycles. The van der Waals surface area contributed by atoms with Gasteiger partial charge in [0.05, 0.1) is 17.9 Å². The van der Waals surface area contributed by atoms with E-state index in [0.29, 0.717) is 23.7 Å². The predicted molar refractivity (Wildman–Crippen MR) is 98.8 cm³/mol. The third-order valence-corrected chi connectivity index (χ3v) is 6.57. The van der Waals surface area contributed by atoms with Crippen LogP contribution in [0.4, 0.5) is 8.78 Å². The molecule has 0 aliphatic carbocycles. The van der Waals surface area contributed by atoms with Gasteiger partial charge in [-0.2, -0.15) is 0 Å². The molecule has 0 N–H and O–H groups in total. The molecule has 2 aromatic rings. The van der Waals surface area contributed by atoms with Gasteiger partial charge in [0.25, 0.3) is 5.91 Å². The smallest absolute Gasteiger partial charge is 0.274 e. The summed E-state index contributed by atoms with van der Waals surface area (Å²) in [4.78, 5) is 26.0. The average molecular weight is 384 g/mol. The highest BCUT2D eigenvalue weighted by Gasteiger charge is 2.55. The largest absolute Gasteiger partial charge is 0.332 e. The zero-order valence-corrected chi connectivity index (χ0v) is 15.7. The molecule has 6 rings (SSSR count). The second kappa shape index (κ2) is 6.58. The van der Waals surface area contributed by atoms with E-state index >= 15 is 0 Å². The summed E-state index contributed by atoms with van der Waals surface area (Å²) < 4.78 is 27.8. The number of rotatable bonds is 2. The van der Waals surface area contributed by atoms with Gasteiger partial charge in [0, 0.05) is 30.8 Å². The number of halogens is 2. The number of hydrogen-bond donors (Lipinski definition) is 0. The van der Waals surface area contributed by atoms with Gasteiger partial charge >= 0.3 is 0 Å². The van der Waals surface area contributed by atoms with E-state index in [1.165, 1.54) is 18.3 Å². The molecule has 5 heterocycles. The zero-order valence-electron chi connectivity index (χ0n) is 15.7. The first-order chi connectivity index (χ1) is 13.5. The zero-order chi connectivity index (χ0) is 19.4. The topological polar surface area (TPSA) is 49.3 Å². The Labute approximate surface area is 162 Å². The molecule has 1 amide bonds. The van der Waals surface area contributed by atoms with Crippen molar-refractivity contribution in [1.82, 2.24) is 19.8 Å². The second-order valence-electron chi connectivity index (χ2n) is 8.16. The summed E-state index contributed by atoms with van der Waals surface area (Å²) in [7, 11) is 0. The summed E-state index contributed by atoms with van der Waals surface area (Å²) in [5, 5.41) is 0. The first kappa shape index (κ1) is 17.7.